The molecule has 23 heavy (non-hydrogen) atoms. The Balaban J connectivity index is 2.07. The summed E-state index contributed by atoms with van der Waals surface area (Å²) in [7, 11) is 0. The van der Waals surface area contributed by atoms with Crippen molar-refractivity contribution >= 4 is 28.1 Å². The largest absolute Gasteiger partial charge is 0.470 e. The number of nitrogens with zero attached hydrogens (tertiary/aromatic N) is 1. The molecule has 112 valence electrons. The molecule has 2 heterocycles. The molecule has 0 radical (unpaired) electrons. The van der Waals surface area contributed by atoms with Crippen molar-refractivity contribution in [3.05, 3.63) is 70.4 Å². The number of nitrogens with two attached hydrogens (primary N) is 1. The zero-order valence-electron chi connectivity index (χ0n) is 12.0. The SMILES string of the molecule is N#CC1=C(c2c[nH]c3ccc(Cl)cc23)c2ccccc2O[C@@H]1N. The Bertz CT molecular complexity index is 997. The third kappa shape index (κ3) is 2.10. The van der Waals surface area contributed by atoms with E-state index in [1.165, 1.54) is 0 Å². The van der Waals surface area contributed by atoms with Gasteiger partial charge >= 0.3 is 0 Å². The smallest absolute Gasteiger partial charge is 0.184 e. The van der Waals surface area contributed by atoms with Crippen molar-refractivity contribution in [1.29, 1.82) is 5.26 Å². The van der Waals surface area contributed by atoms with Gasteiger partial charge in [0.05, 0.1) is 5.57 Å². The first-order valence-corrected chi connectivity index (χ1v) is 7.50. The van der Waals surface area contributed by atoms with Crippen LogP contribution < -0.4 is 10.5 Å². The predicted octanol–water partition coefficient (Wildman–Crippen LogP) is 3.82. The van der Waals surface area contributed by atoms with E-state index in [1.54, 1.807) is 0 Å². The van der Waals surface area contributed by atoms with Gasteiger partial charge < -0.3 is 9.72 Å². The number of fused-ring (bicyclic) bond motifs is 2. The zero-order chi connectivity index (χ0) is 16.0. The van der Waals surface area contributed by atoms with Crippen LogP contribution in [0, 0.1) is 11.3 Å². The van der Waals surface area contributed by atoms with E-state index in [0.717, 1.165) is 27.6 Å². The van der Waals surface area contributed by atoms with Gasteiger partial charge in [-0.3, -0.25) is 5.73 Å². The zero-order valence-corrected chi connectivity index (χ0v) is 12.8. The highest BCUT2D eigenvalue weighted by atomic mass is 35.5. The third-order valence-electron chi connectivity index (χ3n) is 4.00. The van der Waals surface area contributed by atoms with Crippen molar-refractivity contribution < 1.29 is 4.74 Å². The third-order valence-corrected chi connectivity index (χ3v) is 4.23. The summed E-state index contributed by atoms with van der Waals surface area (Å²) in [5, 5.41) is 11.2. The van der Waals surface area contributed by atoms with E-state index in [9.17, 15) is 5.26 Å². The van der Waals surface area contributed by atoms with Crippen LogP contribution in [0.1, 0.15) is 11.1 Å². The fraction of sp³-hybridized carbons (Fsp3) is 0.0556. The van der Waals surface area contributed by atoms with Crippen molar-refractivity contribution in [2.24, 2.45) is 5.73 Å². The van der Waals surface area contributed by atoms with Gasteiger partial charge in [-0.2, -0.15) is 5.26 Å². The fourth-order valence-corrected chi connectivity index (χ4v) is 3.14. The molecule has 3 N–H and O–H groups in total. The molecule has 4 rings (SSSR count). The minimum atomic E-state index is -0.783. The van der Waals surface area contributed by atoms with E-state index >= 15 is 0 Å². The Morgan fingerprint density at radius 1 is 1.17 bits per heavy atom. The molecule has 0 unspecified atom stereocenters. The van der Waals surface area contributed by atoms with Crippen LogP contribution in [-0.2, 0) is 0 Å². The maximum absolute atomic E-state index is 9.58. The van der Waals surface area contributed by atoms with Gasteiger partial charge in [-0.05, 0) is 24.3 Å². The van der Waals surface area contributed by atoms with Gasteiger partial charge in [-0.15, -0.1) is 0 Å². The fourth-order valence-electron chi connectivity index (χ4n) is 2.97. The first-order valence-electron chi connectivity index (χ1n) is 7.12. The summed E-state index contributed by atoms with van der Waals surface area (Å²) >= 11 is 6.14. The average Bonchev–Trinajstić information content (AvgIpc) is 2.96. The first kappa shape index (κ1) is 13.9. The number of nitriles is 1. The summed E-state index contributed by atoms with van der Waals surface area (Å²) in [6.45, 7) is 0. The number of benzene rings is 2. The Labute approximate surface area is 137 Å². The lowest BCUT2D eigenvalue weighted by Crippen LogP contribution is -2.32. The second-order valence-corrected chi connectivity index (χ2v) is 5.76. The van der Waals surface area contributed by atoms with Gasteiger partial charge in [0, 0.05) is 38.8 Å². The average molecular weight is 322 g/mol. The second-order valence-electron chi connectivity index (χ2n) is 5.33. The molecule has 1 aliphatic rings. The number of rotatable bonds is 1. The van der Waals surface area contributed by atoms with Gasteiger partial charge in [0.15, 0.2) is 6.23 Å². The van der Waals surface area contributed by atoms with Gasteiger partial charge in [0.2, 0.25) is 0 Å². The normalized spacial score (nSPS) is 16.8. The van der Waals surface area contributed by atoms with E-state index in [-0.39, 0.29) is 0 Å². The Kier molecular flexibility index (Phi) is 3.12. The number of nitrogens with one attached hydrogen (secondary N) is 1. The highest BCUT2D eigenvalue weighted by Gasteiger charge is 2.28. The molecule has 1 atom stereocenters. The molecule has 0 saturated carbocycles. The van der Waals surface area contributed by atoms with Crippen LogP contribution in [0.15, 0.2) is 54.2 Å². The van der Waals surface area contributed by atoms with E-state index in [2.05, 4.69) is 11.1 Å². The second kappa shape index (κ2) is 5.17. The number of para-hydroxylation sites is 1. The summed E-state index contributed by atoms with van der Waals surface area (Å²) in [4.78, 5) is 3.22. The standard InChI is InChI=1S/C18H12ClN3O/c19-10-5-6-15-12(7-10)14(9-22-15)17-11-3-1-2-4-16(11)23-18(21)13(17)8-20/h1-7,9,18,22H,21H2/t18-/m0/s1. The van der Waals surface area contributed by atoms with E-state index in [0.29, 0.717) is 16.3 Å². The summed E-state index contributed by atoms with van der Waals surface area (Å²) in [5.74, 6) is 0.672. The molecule has 4 nitrogen and oxygen atoms in total. The summed E-state index contributed by atoms with van der Waals surface area (Å²) in [6.07, 6.45) is 1.09. The molecule has 0 bridgehead atoms. The summed E-state index contributed by atoms with van der Waals surface area (Å²) in [6, 6.07) is 15.4. The highest BCUT2D eigenvalue weighted by Crippen LogP contribution is 2.41. The number of halogens is 1. The molecule has 1 aliphatic heterocycles. The highest BCUT2D eigenvalue weighted by molar-refractivity contribution is 6.31. The Morgan fingerprint density at radius 3 is 2.83 bits per heavy atom. The molecule has 2 aromatic carbocycles. The number of hydrogen-bond acceptors (Lipinski definition) is 3. The molecular formula is C18H12ClN3O. The lowest BCUT2D eigenvalue weighted by molar-refractivity contribution is 0.245. The first-order chi connectivity index (χ1) is 11.2. The molecule has 1 aromatic heterocycles. The van der Waals surface area contributed by atoms with Crippen molar-refractivity contribution in [1.82, 2.24) is 4.98 Å². The lowest BCUT2D eigenvalue weighted by Gasteiger charge is -2.25. The van der Waals surface area contributed by atoms with Crippen LogP contribution in [-0.4, -0.2) is 11.2 Å². The van der Waals surface area contributed by atoms with E-state index < -0.39 is 6.23 Å². The molecular weight excluding hydrogens is 310 g/mol. The van der Waals surface area contributed by atoms with Crippen molar-refractivity contribution in [3.63, 3.8) is 0 Å². The molecule has 5 heteroatoms. The van der Waals surface area contributed by atoms with Gasteiger partial charge in [0.25, 0.3) is 0 Å². The maximum Gasteiger partial charge on any atom is 0.184 e. The molecule has 0 spiro atoms. The van der Waals surface area contributed by atoms with Crippen molar-refractivity contribution in [2.45, 2.75) is 6.23 Å². The number of ether oxygens (including phenoxy) is 1. The topological polar surface area (TPSA) is 74.8 Å². The van der Waals surface area contributed by atoms with Crippen molar-refractivity contribution in [3.8, 4) is 11.8 Å². The number of aromatic amines is 1. The molecule has 3 aromatic rings. The van der Waals surface area contributed by atoms with Crippen LogP contribution in [0.25, 0.3) is 16.5 Å². The lowest BCUT2D eigenvalue weighted by atomic mass is 9.90. The number of H-pyrrole nitrogens is 1. The van der Waals surface area contributed by atoms with Gasteiger partial charge in [0.1, 0.15) is 11.8 Å². The van der Waals surface area contributed by atoms with Crippen LogP contribution >= 0.6 is 11.6 Å². The summed E-state index contributed by atoms with van der Waals surface area (Å²) < 4.78 is 5.66. The predicted molar refractivity (Wildman–Crippen MR) is 90.0 cm³/mol. The minimum absolute atomic E-state index is 0.407. The minimum Gasteiger partial charge on any atom is -0.470 e. The van der Waals surface area contributed by atoms with Crippen LogP contribution in [0.4, 0.5) is 0 Å². The van der Waals surface area contributed by atoms with Crippen LogP contribution in [0.5, 0.6) is 5.75 Å². The number of aromatic nitrogens is 1. The molecule has 0 fully saturated rings. The van der Waals surface area contributed by atoms with Crippen LogP contribution in [0.2, 0.25) is 5.02 Å². The van der Waals surface area contributed by atoms with Gasteiger partial charge in [-0.25, -0.2) is 0 Å². The van der Waals surface area contributed by atoms with Crippen molar-refractivity contribution in [2.75, 3.05) is 0 Å². The number of hydrogen-bond donors (Lipinski definition) is 2. The summed E-state index contributed by atoms with van der Waals surface area (Å²) in [5.41, 5.74) is 9.93. The van der Waals surface area contributed by atoms with Gasteiger partial charge in [-0.1, -0.05) is 29.8 Å². The van der Waals surface area contributed by atoms with E-state index in [4.69, 9.17) is 22.1 Å². The molecule has 0 saturated heterocycles. The van der Waals surface area contributed by atoms with E-state index in [1.807, 2.05) is 48.7 Å². The molecule has 0 aliphatic carbocycles. The van der Waals surface area contributed by atoms with Crippen LogP contribution in [0.3, 0.4) is 0 Å². The molecule has 0 amide bonds. The monoisotopic (exact) mass is 321 g/mol. The Morgan fingerprint density at radius 2 is 2.00 bits per heavy atom. The quantitative estimate of drug-likeness (QED) is 0.715. The Hall–Kier alpha value is -2.74. The maximum atomic E-state index is 9.58.